The van der Waals surface area contributed by atoms with Gasteiger partial charge in [-0.3, -0.25) is 4.90 Å². The Hall–Kier alpha value is -0.940. The van der Waals surface area contributed by atoms with E-state index in [1.54, 1.807) is 0 Å². The second-order valence-electron chi connectivity index (χ2n) is 6.77. The van der Waals surface area contributed by atoms with Crippen LogP contribution in [0.2, 0.25) is 0 Å². The van der Waals surface area contributed by atoms with E-state index in [9.17, 15) is 0 Å². The standard InChI is InChI=1S/C15H25N5/c1-2-4-14-12(3-1)5-6-13(17-14)9-19-7-8-20-11-16-18-15(20)10-19/h11-14,17H,1-10H2. The van der Waals surface area contributed by atoms with E-state index in [4.69, 9.17) is 0 Å². The Kier molecular flexibility index (Phi) is 3.48. The first kappa shape index (κ1) is 12.8. The zero-order valence-corrected chi connectivity index (χ0v) is 12.2. The van der Waals surface area contributed by atoms with Crippen molar-refractivity contribution >= 4 is 0 Å². The predicted octanol–water partition coefficient (Wildman–Crippen LogP) is 1.40. The van der Waals surface area contributed by atoms with Gasteiger partial charge in [-0.2, -0.15) is 0 Å². The van der Waals surface area contributed by atoms with E-state index in [0.717, 1.165) is 37.4 Å². The fourth-order valence-corrected chi connectivity index (χ4v) is 4.30. The quantitative estimate of drug-likeness (QED) is 0.886. The van der Waals surface area contributed by atoms with E-state index in [-0.39, 0.29) is 0 Å². The highest BCUT2D eigenvalue weighted by Crippen LogP contribution is 2.32. The third kappa shape index (κ3) is 2.49. The van der Waals surface area contributed by atoms with Gasteiger partial charge in [0.2, 0.25) is 0 Å². The molecule has 0 bridgehead atoms. The van der Waals surface area contributed by atoms with Crippen LogP contribution in [0.5, 0.6) is 0 Å². The number of hydrogen-bond donors (Lipinski definition) is 1. The Morgan fingerprint density at radius 1 is 1.15 bits per heavy atom. The summed E-state index contributed by atoms with van der Waals surface area (Å²) < 4.78 is 2.18. The van der Waals surface area contributed by atoms with Gasteiger partial charge in [0, 0.05) is 31.7 Å². The molecule has 1 saturated carbocycles. The van der Waals surface area contributed by atoms with E-state index in [2.05, 4.69) is 25.0 Å². The molecule has 0 spiro atoms. The van der Waals surface area contributed by atoms with Crippen molar-refractivity contribution in [3.8, 4) is 0 Å². The first-order valence-electron chi connectivity index (χ1n) is 8.23. The van der Waals surface area contributed by atoms with Crippen molar-refractivity contribution in [1.29, 1.82) is 0 Å². The monoisotopic (exact) mass is 275 g/mol. The summed E-state index contributed by atoms with van der Waals surface area (Å²) in [4.78, 5) is 2.55. The second-order valence-corrected chi connectivity index (χ2v) is 6.77. The summed E-state index contributed by atoms with van der Waals surface area (Å²) in [6.45, 7) is 4.32. The largest absolute Gasteiger partial charge is 0.315 e. The maximum atomic E-state index is 4.22. The molecule has 110 valence electrons. The van der Waals surface area contributed by atoms with Crippen LogP contribution in [0, 0.1) is 5.92 Å². The van der Waals surface area contributed by atoms with Gasteiger partial charge in [0.25, 0.3) is 0 Å². The van der Waals surface area contributed by atoms with E-state index in [1.165, 1.54) is 45.1 Å². The van der Waals surface area contributed by atoms with Crippen LogP contribution in [0.1, 0.15) is 44.3 Å². The molecule has 1 aromatic heterocycles. The molecule has 1 saturated heterocycles. The van der Waals surface area contributed by atoms with Gasteiger partial charge in [-0.05, 0) is 31.6 Å². The van der Waals surface area contributed by atoms with Crippen molar-refractivity contribution < 1.29 is 0 Å². The summed E-state index contributed by atoms with van der Waals surface area (Å²) in [5.74, 6) is 2.09. The molecule has 5 heteroatoms. The SMILES string of the molecule is c1nnc2n1CCN(CC1CCC3CCCCC3N1)C2. The molecule has 1 aliphatic carbocycles. The van der Waals surface area contributed by atoms with E-state index in [1.807, 2.05) is 6.33 Å². The van der Waals surface area contributed by atoms with Crippen LogP contribution in [-0.2, 0) is 13.1 Å². The minimum Gasteiger partial charge on any atom is -0.315 e. The van der Waals surface area contributed by atoms with Gasteiger partial charge in [-0.15, -0.1) is 10.2 Å². The van der Waals surface area contributed by atoms with Crippen molar-refractivity contribution in [3.05, 3.63) is 12.2 Å². The number of rotatable bonds is 2. The number of nitrogens with zero attached hydrogens (tertiary/aromatic N) is 4. The molecular formula is C15H25N5. The summed E-state index contributed by atoms with van der Waals surface area (Å²) in [7, 11) is 0. The summed E-state index contributed by atoms with van der Waals surface area (Å²) in [6, 6.07) is 1.49. The average Bonchev–Trinajstić information content (AvgIpc) is 2.95. The zero-order valence-electron chi connectivity index (χ0n) is 12.2. The number of aromatic nitrogens is 3. The maximum Gasteiger partial charge on any atom is 0.147 e. The normalized spacial score (nSPS) is 34.5. The van der Waals surface area contributed by atoms with Crippen LogP contribution in [0.3, 0.4) is 0 Å². The molecule has 3 heterocycles. The van der Waals surface area contributed by atoms with Crippen LogP contribution in [-0.4, -0.2) is 44.8 Å². The molecule has 0 aromatic carbocycles. The first-order chi connectivity index (χ1) is 9.88. The van der Waals surface area contributed by atoms with Gasteiger partial charge in [-0.1, -0.05) is 12.8 Å². The average molecular weight is 275 g/mol. The van der Waals surface area contributed by atoms with Crippen molar-refractivity contribution in [2.24, 2.45) is 5.92 Å². The van der Waals surface area contributed by atoms with Crippen LogP contribution >= 0.6 is 0 Å². The molecule has 1 N–H and O–H groups in total. The summed E-state index contributed by atoms with van der Waals surface area (Å²) in [5, 5.41) is 12.2. The lowest BCUT2D eigenvalue weighted by atomic mass is 9.77. The van der Waals surface area contributed by atoms with E-state index < -0.39 is 0 Å². The molecule has 3 unspecified atom stereocenters. The predicted molar refractivity (Wildman–Crippen MR) is 77.2 cm³/mol. The molecule has 5 nitrogen and oxygen atoms in total. The van der Waals surface area contributed by atoms with Crippen LogP contribution in [0.25, 0.3) is 0 Å². The highest BCUT2D eigenvalue weighted by Gasteiger charge is 2.32. The van der Waals surface area contributed by atoms with Crippen molar-refractivity contribution in [2.75, 3.05) is 13.1 Å². The smallest absolute Gasteiger partial charge is 0.147 e. The van der Waals surface area contributed by atoms with Crippen molar-refractivity contribution in [2.45, 2.75) is 63.7 Å². The fraction of sp³-hybridized carbons (Fsp3) is 0.867. The third-order valence-corrected chi connectivity index (χ3v) is 5.44. The van der Waals surface area contributed by atoms with Gasteiger partial charge in [0.05, 0.1) is 6.54 Å². The molecule has 3 aliphatic rings. The lowest BCUT2D eigenvalue weighted by Crippen LogP contribution is -2.53. The Labute approximate surface area is 120 Å². The molecule has 1 aromatic rings. The Balaban J connectivity index is 1.34. The van der Waals surface area contributed by atoms with E-state index in [0.29, 0.717) is 6.04 Å². The van der Waals surface area contributed by atoms with Gasteiger partial charge < -0.3 is 9.88 Å². The molecule has 0 radical (unpaired) electrons. The van der Waals surface area contributed by atoms with Crippen molar-refractivity contribution in [1.82, 2.24) is 25.0 Å². The lowest BCUT2D eigenvalue weighted by molar-refractivity contribution is 0.130. The molecule has 2 aliphatic heterocycles. The van der Waals surface area contributed by atoms with Crippen LogP contribution < -0.4 is 5.32 Å². The minimum atomic E-state index is 0.684. The highest BCUT2D eigenvalue weighted by molar-refractivity contribution is 4.94. The van der Waals surface area contributed by atoms with E-state index >= 15 is 0 Å². The molecule has 0 amide bonds. The zero-order chi connectivity index (χ0) is 13.4. The number of nitrogens with one attached hydrogen (secondary N) is 1. The third-order valence-electron chi connectivity index (χ3n) is 5.44. The second kappa shape index (κ2) is 5.45. The molecular weight excluding hydrogens is 250 g/mol. The number of hydrogen-bond acceptors (Lipinski definition) is 4. The first-order valence-corrected chi connectivity index (χ1v) is 8.23. The number of fused-ring (bicyclic) bond motifs is 2. The topological polar surface area (TPSA) is 46.0 Å². The van der Waals surface area contributed by atoms with Crippen LogP contribution in [0.4, 0.5) is 0 Å². The molecule has 2 fully saturated rings. The fourth-order valence-electron chi connectivity index (χ4n) is 4.30. The Morgan fingerprint density at radius 3 is 3.10 bits per heavy atom. The Bertz CT molecular complexity index is 457. The van der Waals surface area contributed by atoms with Gasteiger partial charge in [-0.25, -0.2) is 0 Å². The van der Waals surface area contributed by atoms with Crippen molar-refractivity contribution in [3.63, 3.8) is 0 Å². The number of piperidine rings is 1. The molecule has 20 heavy (non-hydrogen) atoms. The lowest BCUT2D eigenvalue weighted by Gasteiger charge is -2.42. The molecule has 4 rings (SSSR count). The highest BCUT2D eigenvalue weighted by atomic mass is 15.3. The summed E-state index contributed by atoms with van der Waals surface area (Å²) >= 11 is 0. The van der Waals surface area contributed by atoms with Crippen LogP contribution in [0.15, 0.2) is 6.33 Å². The van der Waals surface area contributed by atoms with Gasteiger partial charge >= 0.3 is 0 Å². The maximum absolute atomic E-state index is 4.22. The summed E-state index contributed by atoms with van der Waals surface area (Å²) in [5.41, 5.74) is 0. The van der Waals surface area contributed by atoms with Gasteiger partial charge in [0.1, 0.15) is 12.2 Å². The molecule has 3 atom stereocenters. The minimum absolute atomic E-state index is 0.684. The summed E-state index contributed by atoms with van der Waals surface area (Å²) in [6.07, 6.45) is 10.4. The van der Waals surface area contributed by atoms with Gasteiger partial charge in [0.15, 0.2) is 0 Å². The Morgan fingerprint density at radius 2 is 2.10 bits per heavy atom.